The van der Waals surface area contributed by atoms with Gasteiger partial charge in [0.1, 0.15) is 6.61 Å². The van der Waals surface area contributed by atoms with E-state index in [-0.39, 0.29) is 0 Å². The second-order valence-corrected chi connectivity index (χ2v) is 8.88. The summed E-state index contributed by atoms with van der Waals surface area (Å²) in [7, 11) is 1.56. The van der Waals surface area contributed by atoms with Crippen molar-refractivity contribution >= 4 is 28.1 Å². The molecule has 0 saturated carbocycles. The lowest BCUT2D eigenvalue weighted by atomic mass is 9.85. The van der Waals surface area contributed by atoms with Gasteiger partial charge in [0, 0.05) is 4.47 Å². The molecule has 2 N–H and O–H groups in total. The van der Waals surface area contributed by atoms with Crippen molar-refractivity contribution in [1.82, 2.24) is 5.43 Å². The second kappa shape index (κ2) is 11.7. The smallest absolute Gasteiger partial charge is 0.281 e. The Morgan fingerprint density at radius 1 is 0.917 bits per heavy atom. The summed E-state index contributed by atoms with van der Waals surface area (Å²) >= 11 is 3.42. The summed E-state index contributed by atoms with van der Waals surface area (Å²) < 4.78 is 12.4. The molecular weight excluding hydrogens is 520 g/mol. The van der Waals surface area contributed by atoms with Gasteiger partial charge in [-0.15, -0.1) is 0 Å². The minimum absolute atomic E-state index is 0.394. The highest BCUT2D eigenvalue weighted by Crippen LogP contribution is 2.30. The van der Waals surface area contributed by atoms with E-state index in [0.29, 0.717) is 34.8 Å². The van der Waals surface area contributed by atoms with Crippen molar-refractivity contribution in [3.8, 4) is 11.5 Å². The van der Waals surface area contributed by atoms with Crippen molar-refractivity contribution in [2.24, 2.45) is 5.10 Å². The van der Waals surface area contributed by atoms with Crippen LogP contribution in [-0.2, 0) is 17.0 Å². The van der Waals surface area contributed by atoms with E-state index in [1.165, 1.54) is 6.21 Å². The molecule has 0 aliphatic rings. The lowest BCUT2D eigenvalue weighted by Gasteiger charge is -2.27. The largest absolute Gasteiger partial charge is 0.493 e. The summed E-state index contributed by atoms with van der Waals surface area (Å²) in [5.41, 5.74) is 3.17. The number of aliphatic hydroxyl groups is 1. The summed E-state index contributed by atoms with van der Waals surface area (Å²) in [5.74, 6) is 0.453. The number of hydrogen-bond donors (Lipinski definition) is 2. The van der Waals surface area contributed by atoms with Gasteiger partial charge in [0.15, 0.2) is 17.1 Å². The molecule has 0 unspecified atom stereocenters. The number of benzene rings is 4. The van der Waals surface area contributed by atoms with E-state index in [1.54, 1.807) is 73.8 Å². The van der Waals surface area contributed by atoms with Crippen LogP contribution in [0.3, 0.4) is 0 Å². The lowest BCUT2D eigenvalue weighted by Crippen LogP contribution is -2.43. The van der Waals surface area contributed by atoms with Crippen LogP contribution >= 0.6 is 15.9 Å². The lowest BCUT2D eigenvalue weighted by molar-refractivity contribution is -0.136. The van der Waals surface area contributed by atoms with Gasteiger partial charge >= 0.3 is 0 Å². The number of ether oxygens (including phenoxy) is 2. The van der Waals surface area contributed by atoms with Crippen molar-refractivity contribution in [1.29, 1.82) is 0 Å². The zero-order valence-electron chi connectivity index (χ0n) is 19.6. The fourth-order valence-electron chi connectivity index (χ4n) is 3.66. The van der Waals surface area contributed by atoms with E-state index in [2.05, 4.69) is 26.5 Å². The fourth-order valence-corrected chi connectivity index (χ4v) is 3.92. The third-order valence-electron chi connectivity index (χ3n) is 5.59. The number of carbonyl (C=O) groups is 1. The van der Waals surface area contributed by atoms with Gasteiger partial charge in [-0.25, -0.2) is 5.43 Å². The summed E-state index contributed by atoms with van der Waals surface area (Å²) in [6.45, 7) is 0.394. The van der Waals surface area contributed by atoms with Crippen molar-refractivity contribution in [3.63, 3.8) is 0 Å². The highest BCUT2D eigenvalue weighted by Gasteiger charge is 2.39. The molecule has 182 valence electrons. The predicted molar refractivity (Wildman–Crippen MR) is 143 cm³/mol. The van der Waals surface area contributed by atoms with Gasteiger partial charge < -0.3 is 14.6 Å². The predicted octanol–water partition coefficient (Wildman–Crippen LogP) is 5.42. The number of nitrogens with zero attached hydrogens (tertiary/aromatic N) is 1. The maximum atomic E-state index is 13.2. The monoisotopic (exact) mass is 544 g/mol. The van der Waals surface area contributed by atoms with Crippen LogP contribution in [0.15, 0.2) is 113 Å². The van der Waals surface area contributed by atoms with Crippen molar-refractivity contribution in [3.05, 3.63) is 130 Å². The number of rotatable bonds is 9. The first kappa shape index (κ1) is 25.2. The maximum Gasteiger partial charge on any atom is 0.281 e. The zero-order chi connectivity index (χ0) is 25.4. The van der Waals surface area contributed by atoms with Gasteiger partial charge in [-0.3, -0.25) is 4.79 Å². The van der Waals surface area contributed by atoms with E-state index in [4.69, 9.17) is 9.47 Å². The molecular formula is C29H25BrN2O4. The SMILES string of the molecule is COc1cc(/C=N\NC(=O)C(O)(c2ccccc2)c2ccccc2)ccc1OCc1ccc(Br)cc1. The molecule has 0 saturated heterocycles. The third kappa shape index (κ3) is 5.82. The Morgan fingerprint density at radius 2 is 1.53 bits per heavy atom. The van der Waals surface area contributed by atoms with Gasteiger partial charge in [0.25, 0.3) is 5.91 Å². The van der Waals surface area contributed by atoms with Crippen molar-refractivity contribution in [2.45, 2.75) is 12.2 Å². The van der Waals surface area contributed by atoms with Crippen LogP contribution in [0.25, 0.3) is 0 Å². The first-order valence-electron chi connectivity index (χ1n) is 11.2. The van der Waals surface area contributed by atoms with Gasteiger partial charge in [0.2, 0.25) is 0 Å². The molecule has 0 bridgehead atoms. The second-order valence-electron chi connectivity index (χ2n) is 7.97. The molecule has 0 spiro atoms. The van der Waals surface area contributed by atoms with Crippen LogP contribution in [-0.4, -0.2) is 24.3 Å². The van der Waals surface area contributed by atoms with Gasteiger partial charge in [-0.1, -0.05) is 88.7 Å². The quantitative estimate of drug-likeness (QED) is 0.217. The van der Waals surface area contributed by atoms with Gasteiger partial charge in [-0.05, 0) is 52.6 Å². The highest BCUT2D eigenvalue weighted by atomic mass is 79.9. The Labute approximate surface area is 218 Å². The average Bonchev–Trinajstić information content (AvgIpc) is 2.93. The number of carbonyl (C=O) groups excluding carboxylic acids is 1. The Kier molecular flexibility index (Phi) is 8.15. The minimum atomic E-state index is -1.90. The maximum absolute atomic E-state index is 13.2. The van der Waals surface area contributed by atoms with E-state index in [1.807, 2.05) is 36.4 Å². The first-order chi connectivity index (χ1) is 17.5. The van der Waals surface area contributed by atoms with Crippen LogP contribution in [0.4, 0.5) is 0 Å². The molecule has 4 rings (SSSR count). The molecule has 0 aliphatic carbocycles. The minimum Gasteiger partial charge on any atom is -0.493 e. The van der Waals surface area contributed by atoms with Crippen molar-refractivity contribution < 1.29 is 19.4 Å². The molecule has 36 heavy (non-hydrogen) atoms. The van der Waals surface area contributed by atoms with E-state index < -0.39 is 11.5 Å². The normalized spacial score (nSPS) is 11.3. The van der Waals surface area contributed by atoms with Crippen LogP contribution in [0.1, 0.15) is 22.3 Å². The van der Waals surface area contributed by atoms with Crippen LogP contribution in [0, 0.1) is 0 Å². The highest BCUT2D eigenvalue weighted by molar-refractivity contribution is 9.10. The van der Waals surface area contributed by atoms with E-state index in [0.717, 1.165) is 10.0 Å². The Bertz CT molecular complexity index is 1290. The summed E-state index contributed by atoms with van der Waals surface area (Å²) in [6.07, 6.45) is 1.48. The molecule has 0 heterocycles. The first-order valence-corrected chi connectivity index (χ1v) is 12.0. The molecule has 7 heteroatoms. The average molecular weight is 545 g/mol. The topological polar surface area (TPSA) is 80.2 Å². The van der Waals surface area contributed by atoms with Crippen LogP contribution in [0.5, 0.6) is 11.5 Å². The third-order valence-corrected chi connectivity index (χ3v) is 6.12. The molecule has 0 aromatic heterocycles. The zero-order valence-corrected chi connectivity index (χ0v) is 21.2. The Balaban J connectivity index is 1.48. The molecule has 0 radical (unpaired) electrons. The Hall–Kier alpha value is -3.94. The molecule has 4 aromatic carbocycles. The Morgan fingerprint density at radius 3 is 2.11 bits per heavy atom. The van der Waals surface area contributed by atoms with Crippen LogP contribution in [0.2, 0.25) is 0 Å². The number of halogens is 1. The number of nitrogens with one attached hydrogen (secondary N) is 1. The molecule has 0 aliphatic heterocycles. The summed E-state index contributed by atoms with van der Waals surface area (Å²) in [6, 6.07) is 30.8. The summed E-state index contributed by atoms with van der Waals surface area (Å²) in [4.78, 5) is 13.2. The molecule has 0 fully saturated rings. The van der Waals surface area contributed by atoms with Crippen molar-refractivity contribution in [2.75, 3.05) is 7.11 Å². The summed E-state index contributed by atoms with van der Waals surface area (Å²) in [5, 5.41) is 15.6. The van der Waals surface area contributed by atoms with Gasteiger partial charge in [0.05, 0.1) is 13.3 Å². The number of hydrazone groups is 1. The van der Waals surface area contributed by atoms with E-state index in [9.17, 15) is 9.90 Å². The number of methoxy groups -OCH3 is 1. The molecule has 0 atom stereocenters. The van der Waals surface area contributed by atoms with Gasteiger partial charge in [-0.2, -0.15) is 5.10 Å². The fraction of sp³-hybridized carbons (Fsp3) is 0.103. The molecule has 4 aromatic rings. The molecule has 6 nitrogen and oxygen atoms in total. The molecule has 1 amide bonds. The number of hydrogen-bond acceptors (Lipinski definition) is 5. The van der Waals surface area contributed by atoms with E-state index >= 15 is 0 Å². The van der Waals surface area contributed by atoms with Crippen LogP contribution < -0.4 is 14.9 Å². The number of amides is 1. The standard InChI is InChI=1S/C29H25BrN2O4/c1-35-27-18-22(14-17-26(27)36-20-21-12-15-25(30)16-13-21)19-31-32-28(33)29(34,23-8-4-2-5-9-23)24-10-6-3-7-11-24/h2-19,34H,20H2,1H3,(H,32,33)/b31-19-.